The number of ether oxygens (including phenoxy) is 1. The van der Waals surface area contributed by atoms with Crippen LogP contribution in [-0.4, -0.2) is 56.7 Å². The smallest absolute Gasteiger partial charge is 0.280 e. The second kappa shape index (κ2) is 10.7. The molecule has 0 spiro atoms. The van der Waals surface area contributed by atoms with Crippen LogP contribution in [0.5, 0.6) is 0 Å². The molecule has 0 atom stereocenters. The summed E-state index contributed by atoms with van der Waals surface area (Å²) in [6.45, 7) is 4.57. The zero-order valence-corrected chi connectivity index (χ0v) is 15.9. The van der Waals surface area contributed by atoms with Crippen LogP contribution in [0.4, 0.5) is 0 Å². The van der Waals surface area contributed by atoms with Gasteiger partial charge in [-0.2, -0.15) is 10.2 Å². The highest BCUT2D eigenvalue weighted by atomic mass is 16.7. The Balaban J connectivity index is 2.33. The van der Waals surface area contributed by atoms with Gasteiger partial charge in [-0.05, 0) is 18.5 Å². The third-order valence-corrected chi connectivity index (χ3v) is 3.52. The molecule has 2 rings (SSSR count). The van der Waals surface area contributed by atoms with Gasteiger partial charge in [0.05, 0.1) is 11.9 Å². The lowest BCUT2D eigenvalue weighted by atomic mass is 10.0. The van der Waals surface area contributed by atoms with E-state index in [1.54, 1.807) is 6.21 Å². The molecule has 0 aromatic heterocycles. The molecule has 1 heterocycles. The van der Waals surface area contributed by atoms with E-state index in [1.165, 1.54) is 14.2 Å². The van der Waals surface area contributed by atoms with Crippen molar-refractivity contribution in [3.05, 3.63) is 35.4 Å². The normalized spacial score (nSPS) is 15.9. The topological polar surface area (TPSA) is 98.7 Å². The number of rotatable bonds is 8. The van der Waals surface area contributed by atoms with Crippen LogP contribution in [0.2, 0.25) is 0 Å². The third kappa shape index (κ3) is 5.63. The third-order valence-electron chi connectivity index (χ3n) is 3.52. The highest BCUT2D eigenvalue weighted by Crippen LogP contribution is 2.12. The second-order valence-electron chi connectivity index (χ2n) is 5.29. The molecule has 9 heteroatoms. The van der Waals surface area contributed by atoms with Crippen LogP contribution in [-0.2, 0) is 19.2 Å². The van der Waals surface area contributed by atoms with Gasteiger partial charge in [0.25, 0.3) is 5.90 Å². The van der Waals surface area contributed by atoms with Crippen molar-refractivity contribution in [1.29, 1.82) is 0 Å². The maximum absolute atomic E-state index is 5.53. The first-order chi connectivity index (χ1) is 13.2. The van der Waals surface area contributed by atoms with Crippen molar-refractivity contribution < 1.29 is 19.2 Å². The predicted molar refractivity (Wildman–Crippen MR) is 105 cm³/mol. The molecule has 0 saturated heterocycles. The lowest BCUT2D eigenvalue weighted by molar-refractivity contribution is 0.0672. The molecule has 0 bridgehead atoms. The first-order valence-electron chi connectivity index (χ1n) is 8.43. The minimum absolute atomic E-state index is 0.254. The summed E-state index contributed by atoms with van der Waals surface area (Å²) in [5.74, 6) is 0.254. The number of nitrogens with zero attached hydrogens (tertiary/aromatic N) is 5. The molecular weight excluding hydrogens is 350 g/mol. The summed E-state index contributed by atoms with van der Waals surface area (Å²) in [5, 5.41) is 20.2. The standard InChI is InChI=1S/C18H23N5O4/c1-5-16(21-24-3)13(2)20-19-12-14-8-6-7-9-15(14)17(22-25-4)18-23-27-11-10-26-18/h6-9,12H,5,10-11H2,1-4H3/b19-12?,20-13?,21-16?,22-17-. The molecule has 1 aliphatic heterocycles. The van der Waals surface area contributed by atoms with Gasteiger partial charge in [-0.15, -0.1) is 0 Å². The SMILES string of the molecule is CCC(=NOC)C(C)=NN=Cc1ccccc1/C(=N/OC)C1=NOCCO1. The molecule has 1 aromatic rings. The van der Waals surface area contributed by atoms with E-state index in [4.69, 9.17) is 19.2 Å². The van der Waals surface area contributed by atoms with E-state index in [0.717, 1.165) is 16.8 Å². The average Bonchev–Trinajstić information content (AvgIpc) is 2.71. The summed E-state index contributed by atoms with van der Waals surface area (Å²) in [4.78, 5) is 14.9. The molecule has 144 valence electrons. The molecule has 0 fully saturated rings. The van der Waals surface area contributed by atoms with Crippen molar-refractivity contribution in [3.63, 3.8) is 0 Å². The van der Waals surface area contributed by atoms with Crippen molar-refractivity contribution in [2.75, 3.05) is 27.4 Å². The molecule has 0 unspecified atom stereocenters. The zero-order chi connectivity index (χ0) is 19.5. The molecule has 0 aliphatic carbocycles. The van der Waals surface area contributed by atoms with Crippen LogP contribution in [0.1, 0.15) is 31.4 Å². The van der Waals surface area contributed by atoms with E-state index in [1.807, 2.05) is 38.1 Å². The second-order valence-corrected chi connectivity index (χ2v) is 5.29. The summed E-state index contributed by atoms with van der Waals surface area (Å²) < 4.78 is 5.53. The summed E-state index contributed by atoms with van der Waals surface area (Å²) in [6, 6.07) is 7.50. The molecule has 0 N–H and O–H groups in total. The van der Waals surface area contributed by atoms with Crippen LogP contribution >= 0.6 is 0 Å². The predicted octanol–water partition coefficient (Wildman–Crippen LogP) is 2.60. The van der Waals surface area contributed by atoms with E-state index >= 15 is 0 Å². The Morgan fingerprint density at radius 2 is 1.96 bits per heavy atom. The van der Waals surface area contributed by atoms with Gasteiger partial charge in [0.1, 0.15) is 26.5 Å². The van der Waals surface area contributed by atoms with E-state index in [0.29, 0.717) is 31.1 Å². The van der Waals surface area contributed by atoms with Gasteiger partial charge in [-0.1, -0.05) is 41.5 Å². The number of oxime groups is 3. The lowest BCUT2D eigenvalue weighted by Crippen LogP contribution is -2.26. The fourth-order valence-electron chi connectivity index (χ4n) is 2.27. The van der Waals surface area contributed by atoms with Crippen molar-refractivity contribution in [2.24, 2.45) is 25.7 Å². The fourth-order valence-corrected chi connectivity index (χ4v) is 2.27. The largest absolute Gasteiger partial charge is 0.470 e. The highest BCUT2D eigenvalue weighted by molar-refractivity contribution is 6.46. The molecule has 0 amide bonds. The Labute approximate surface area is 158 Å². The fraction of sp³-hybridized carbons (Fsp3) is 0.389. The first-order valence-corrected chi connectivity index (χ1v) is 8.43. The number of hydrogen-bond donors (Lipinski definition) is 0. The van der Waals surface area contributed by atoms with E-state index < -0.39 is 0 Å². The minimum atomic E-state index is 0.254. The van der Waals surface area contributed by atoms with Crippen LogP contribution in [0.3, 0.4) is 0 Å². The van der Waals surface area contributed by atoms with E-state index in [9.17, 15) is 0 Å². The molecule has 27 heavy (non-hydrogen) atoms. The van der Waals surface area contributed by atoms with Gasteiger partial charge in [-0.3, -0.25) is 0 Å². The number of benzene rings is 1. The zero-order valence-electron chi connectivity index (χ0n) is 15.9. The Kier molecular flexibility index (Phi) is 7.95. The maximum Gasteiger partial charge on any atom is 0.280 e. The first kappa shape index (κ1) is 20.1. The van der Waals surface area contributed by atoms with Gasteiger partial charge >= 0.3 is 0 Å². The van der Waals surface area contributed by atoms with Crippen molar-refractivity contribution in [2.45, 2.75) is 20.3 Å². The Hall–Kier alpha value is -3.23. The monoisotopic (exact) mass is 373 g/mol. The molecular formula is C18H23N5O4. The van der Waals surface area contributed by atoms with Crippen LogP contribution < -0.4 is 0 Å². The Morgan fingerprint density at radius 3 is 2.63 bits per heavy atom. The summed E-state index contributed by atoms with van der Waals surface area (Å²) in [7, 11) is 2.95. The van der Waals surface area contributed by atoms with Crippen LogP contribution in [0, 0.1) is 0 Å². The Morgan fingerprint density at radius 1 is 1.19 bits per heavy atom. The van der Waals surface area contributed by atoms with Gasteiger partial charge < -0.3 is 19.2 Å². The summed E-state index contributed by atoms with van der Waals surface area (Å²) >= 11 is 0. The maximum atomic E-state index is 5.53. The average molecular weight is 373 g/mol. The minimum Gasteiger partial charge on any atom is -0.470 e. The highest BCUT2D eigenvalue weighted by Gasteiger charge is 2.20. The van der Waals surface area contributed by atoms with Gasteiger partial charge in [0, 0.05) is 11.1 Å². The van der Waals surface area contributed by atoms with Crippen molar-refractivity contribution in [3.8, 4) is 0 Å². The van der Waals surface area contributed by atoms with Crippen LogP contribution in [0.25, 0.3) is 0 Å². The van der Waals surface area contributed by atoms with E-state index in [-0.39, 0.29) is 5.90 Å². The number of hydrogen-bond acceptors (Lipinski definition) is 9. The van der Waals surface area contributed by atoms with Crippen molar-refractivity contribution in [1.82, 2.24) is 0 Å². The van der Waals surface area contributed by atoms with Gasteiger partial charge in [-0.25, -0.2) is 0 Å². The van der Waals surface area contributed by atoms with Gasteiger partial charge in [0.15, 0.2) is 12.3 Å². The summed E-state index contributed by atoms with van der Waals surface area (Å²) in [5.41, 5.74) is 3.30. The molecule has 1 aromatic carbocycles. The lowest BCUT2D eigenvalue weighted by Gasteiger charge is -2.15. The van der Waals surface area contributed by atoms with Crippen LogP contribution in [0.15, 0.2) is 49.9 Å². The quantitative estimate of drug-likeness (QED) is 0.516. The summed E-state index contributed by atoms with van der Waals surface area (Å²) in [6.07, 6.45) is 2.31. The van der Waals surface area contributed by atoms with E-state index in [2.05, 4.69) is 25.7 Å². The van der Waals surface area contributed by atoms with Gasteiger partial charge in [0.2, 0.25) is 0 Å². The molecule has 9 nitrogen and oxygen atoms in total. The molecule has 0 saturated carbocycles. The molecule has 1 aliphatic rings. The molecule has 0 radical (unpaired) electrons. The van der Waals surface area contributed by atoms with Crippen molar-refractivity contribution >= 4 is 29.2 Å². The Bertz CT molecular complexity index is 784.